The smallest absolute Gasteiger partial charge is 0.0835 e. The summed E-state index contributed by atoms with van der Waals surface area (Å²) in [5.74, 6) is 0.601. The van der Waals surface area contributed by atoms with Crippen molar-refractivity contribution >= 4 is 11.6 Å². The van der Waals surface area contributed by atoms with Crippen molar-refractivity contribution in [2.24, 2.45) is 13.0 Å². The maximum absolute atomic E-state index is 6.34. The Morgan fingerprint density at radius 3 is 2.65 bits per heavy atom. The second-order valence-electron chi connectivity index (χ2n) is 5.64. The van der Waals surface area contributed by atoms with Crippen molar-refractivity contribution in [2.75, 3.05) is 13.7 Å². The number of aromatic nitrogens is 2. The molecule has 1 aromatic heterocycles. The zero-order valence-electron chi connectivity index (χ0n) is 12.7. The summed E-state index contributed by atoms with van der Waals surface area (Å²) >= 11 is 6.34. The van der Waals surface area contributed by atoms with Gasteiger partial charge in [0.2, 0.25) is 0 Å². The van der Waals surface area contributed by atoms with E-state index in [9.17, 15) is 0 Å². The fraction of sp³-hybridized carbons (Fsp3) is 0.800. The van der Waals surface area contributed by atoms with Crippen LogP contribution in [0.25, 0.3) is 0 Å². The SMILES string of the molecule is CCNC(c1c(Cl)cnn1C)C(OC)C1CCCCC1. The Hall–Kier alpha value is -0.580. The first-order valence-corrected chi connectivity index (χ1v) is 8.00. The lowest BCUT2D eigenvalue weighted by molar-refractivity contribution is 0.00600. The van der Waals surface area contributed by atoms with Gasteiger partial charge in [-0.3, -0.25) is 4.68 Å². The molecule has 114 valence electrons. The Bertz CT molecular complexity index is 396. The van der Waals surface area contributed by atoms with Gasteiger partial charge in [0.1, 0.15) is 0 Å². The first-order chi connectivity index (χ1) is 9.69. The summed E-state index contributed by atoms with van der Waals surface area (Å²) in [6.45, 7) is 3.00. The molecule has 1 aliphatic rings. The van der Waals surface area contributed by atoms with Gasteiger partial charge in [-0.15, -0.1) is 0 Å². The molecule has 2 atom stereocenters. The third kappa shape index (κ3) is 3.35. The van der Waals surface area contributed by atoms with Crippen LogP contribution in [0.1, 0.15) is 50.8 Å². The second kappa shape index (κ2) is 7.43. The Labute approximate surface area is 126 Å². The van der Waals surface area contributed by atoms with E-state index in [-0.39, 0.29) is 12.1 Å². The summed E-state index contributed by atoms with van der Waals surface area (Å²) in [6.07, 6.45) is 8.33. The van der Waals surface area contributed by atoms with Gasteiger partial charge in [-0.05, 0) is 25.3 Å². The van der Waals surface area contributed by atoms with E-state index in [0.717, 1.165) is 17.3 Å². The number of likely N-dealkylation sites (N-methyl/N-ethyl adjacent to an activating group) is 1. The molecule has 0 aliphatic heterocycles. The molecule has 1 N–H and O–H groups in total. The van der Waals surface area contributed by atoms with Crippen LogP contribution in [0.4, 0.5) is 0 Å². The molecule has 0 spiro atoms. The van der Waals surface area contributed by atoms with E-state index in [1.54, 1.807) is 6.20 Å². The van der Waals surface area contributed by atoms with E-state index in [0.29, 0.717) is 5.92 Å². The van der Waals surface area contributed by atoms with Crippen LogP contribution in [0.3, 0.4) is 0 Å². The number of nitrogens with one attached hydrogen (secondary N) is 1. The van der Waals surface area contributed by atoms with Gasteiger partial charge in [0.25, 0.3) is 0 Å². The van der Waals surface area contributed by atoms with E-state index in [2.05, 4.69) is 17.3 Å². The lowest BCUT2D eigenvalue weighted by Gasteiger charge is -2.35. The first-order valence-electron chi connectivity index (χ1n) is 7.62. The summed E-state index contributed by atoms with van der Waals surface area (Å²) in [5, 5.41) is 8.53. The predicted molar refractivity (Wildman–Crippen MR) is 82.0 cm³/mol. The maximum atomic E-state index is 6.34. The minimum atomic E-state index is 0.105. The van der Waals surface area contributed by atoms with Gasteiger partial charge in [0.15, 0.2) is 0 Å². The van der Waals surface area contributed by atoms with Gasteiger partial charge in [-0.2, -0.15) is 5.10 Å². The van der Waals surface area contributed by atoms with Crippen LogP contribution in [-0.4, -0.2) is 29.5 Å². The Kier molecular flexibility index (Phi) is 5.87. The maximum Gasteiger partial charge on any atom is 0.0835 e. The van der Waals surface area contributed by atoms with E-state index >= 15 is 0 Å². The van der Waals surface area contributed by atoms with Crippen molar-refractivity contribution in [1.29, 1.82) is 0 Å². The molecular weight excluding hydrogens is 274 g/mol. The Morgan fingerprint density at radius 2 is 2.15 bits per heavy atom. The van der Waals surface area contributed by atoms with E-state index in [1.165, 1.54) is 32.1 Å². The molecule has 1 saturated carbocycles. The molecule has 2 rings (SSSR count). The zero-order valence-corrected chi connectivity index (χ0v) is 13.5. The van der Waals surface area contributed by atoms with Gasteiger partial charge >= 0.3 is 0 Å². The number of aryl methyl sites for hydroxylation is 1. The van der Waals surface area contributed by atoms with Crippen molar-refractivity contribution in [3.63, 3.8) is 0 Å². The number of ether oxygens (including phenoxy) is 1. The van der Waals surface area contributed by atoms with Gasteiger partial charge in [-0.1, -0.05) is 37.8 Å². The molecule has 5 heteroatoms. The standard InChI is InChI=1S/C15H26ClN3O/c1-4-17-13(14-12(16)10-18-19(14)2)15(20-3)11-8-6-5-7-9-11/h10-11,13,15,17H,4-9H2,1-3H3. The number of nitrogens with zero attached hydrogens (tertiary/aromatic N) is 2. The van der Waals surface area contributed by atoms with Crippen LogP contribution in [0.15, 0.2) is 6.20 Å². The topological polar surface area (TPSA) is 39.1 Å². The van der Waals surface area contributed by atoms with Crippen LogP contribution in [0, 0.1) is 5.92 Å². The highest BCUT2D eigenvalue weighted by Crippen LogP contribution is 2.35. The highest BCUT2D eigenvalue weighted by Gasteiger charge is 2.34. The third-order valence-corrected chi connectivity index (χ3v) is 4.66. The molecule has 1 heterocycles. The van der Waals surface area contributed by atoms with Crippen LogP contribution in [-0.2, 0) is 11.8 Å². The molecule has 0 radical (unpaired) electrons. The monoisotopic (exact) mass is 299 g/mol. The minimum absolute atomic E-state index is 0.105. The van der Waals surface area contributed by atoms with Crippen LogP contribution < -0.4 is 5.32 Å². The van der Waals surface area contributed by atoms with Crippen LogP contribution >= 0.6 is 11.6 Å². The number of halogens is 1. The fourth-order valence-electron chi connectivity index (χ4n) is 3.42. The predicted octanol–water partition coefficient (Wildman–Crippen LogP) is 3.32. The number of rotatable bonds is 6. The largest absolute Gasteiger partial charge is 0.379 e. The van der Waals surface area contributed by atoms with Crippen LogP contribution in [0.5, 0.6) is 0 Å². The molecule has 0 saturated heterocycles. The average molecular weight is 300 g/mol. The lowest BCUT2D eigenvalue weighted by Crippen LogP contribution is -2.40. The average Bonchev–Trinajstić information content (AvgIpc) is 2.79. The summed E-state index contributed by atoms with van der Waals surface area (Å²) in [7, 11) is 3.76. The minimum Gasteiger partial charge on any atom is -0.379 e. The summed E-state index contributed by atoms with van der Waals surface area (Å²) in [4.78, 5) is 0. The Morgan fingerprint density at radius 1 is 1.45 bits per heavy atom. The van der Waals surface area contributed by atoms with Crippen molar-refractivity contribution in [3.05, 3.63) is 16.9 Å². The van der Waals surface area contributed by atoms with Crippen molar-refractivity contribution in [2.45, 2.75) is 51.2 Å². The molecular formula is C15H26ClN3O. The molecule has 1 fully saturated rings. The normalized spacial score (nSPS) is 20.0. The quantitative estimate of drug-likeness (QED) is 0.876. The Balaban J connectivity index is 2.25. The molecule has 1 aliphatic carbocycles. The number of hydrogen-bond donors (Lipinski definition) is 1. The first kappa shape index (κ1) is 15.8. The highest BCUT2D eigenvalue weighted by atomic mass is 35.5. The van der Waals surface area contributed by atoms with E-state index < -0.39 is 0 Å². The zero-order chi connectivity index (χ0) is 14.5. The van der Waals surface area contributed by atoms with Crippen LogP contribution in [0.2, 0.25) is 5.02 Å². The molecule has 0 bridgehead atoms. The highest BCUT2D eigenvalue weighted by molar-refractivity contribution is 6.31. The van der Waals surface area contributed by atoms with Gasteiger partial charge < -0.3 is 10.1 Å². The number of methoxy groups -OCH3 is 1. The van der Waals surface area contributed by atoms with Gasteiger partial charge in [0.05, 0.1) is 29.1 Å². The molecule has 0 amide bonds. The molecule has 2 unspecified atom stereocenters. The van der Waals surface area contributed by atoms with Gasteiger partial charge in [-0.25, -0.2) is 0 Å². The molecule has 1 aromatic rings. The number of hydrogen-bond acceptors (Lipinski definition) is 3. The molecule has 0 aromatic carbocycles. The van der Waals surface area contributed by atoms with Crippen molar-refractivity contribution in [1.82, 2.24) is 15.1 Å². The summed E-state index contributed by atoms with van der Waals surface area (Å²) < 4.78 is 7.74. The van der Waals surface area contributed by atoms with Gasteiger partial charge in [0, 0.05) is 14.2 Å². The third-order valence-electron chi connectivity index (χ3n) is 4.37. The van der Waals surface area contributed by atoms with Crippen molar-refractivity contribution < 1.29 is 4.74 Å². The summed E-state index contributed by atoms with van der Waals surface area (Å²) in [6, 6.07) is 0.105. The van der Waals surface area contributed by atoms with E-state index in [1.807, 2.05) is 18.8 Å². The fourth-order valence-corrected chi connectivity index (χ4v) is 3.71. The van der Waals surface area contributed by atoms with Crippen molar-refractivity contribution in [3.8, 4) is 0 Å². The van der Waals surface area contributed by atoms with E-state index in [4.69, 9.17) is 16.3 Å². The molecule has 4 nitrogen and oxygen atoms in total. The summed E-state index contributed by atoms with van der Waals surface area (Å²) in [5.41, 5.74) is 1.03. The lowest BCUT2D eigenvalue weighted by atomic mass is 9.81. The second-order valence-corrected chi connectivity index (χ2v) is 6.04. The molecule has 20 heavy (non-hydrogen) atoms.